The zero-order valence-corrected chi connectivity index (χ0v) is 10.3. The van der Waals surface area contributed by atoms with E-state index in [1.807, 2.05) is 0 Å². The number of ether oxygens (including phenoxy) is 1. The number of nitrogens with zero attached hydrogens (tertiary/aromatic N) is 3. The van der Waals surface area contributed by atoms with E-state index in [0.717, 1.165) is 0 Å². The van der Waals surface area contributed by atoms with E-state index in [1.165, 1.54) is 10.9 Å². The fourth-order valence-electron chi connectivity index (χ4n) is 1.51. The number of anilines is 1. The molecule has 18 heavy (non-hydrogen) atoms. The van der Waals surface area contributed by atoms with Crippen LogP contribution in [-0.2, 0) is 4.74 Å². The van der Waals surface area contributed by atoms with Crippen molar-refractivity contribution in [2.75, 3.05) is 12.3 Å². The summed E-state index contributed by atoms with van der Waals surface area (Å²) in [6.07, 6.45) is 0.926. The molecule has 0 saturated carbocycles. The Morgan fingerprint density at radius 3 is 3.11 bits per heavy atom. The quantitative estimate of drug-likeness (QED) is 0.664. The van der Waals surface area contributed by atoms with E-state index in [4.69, 9.17) is 27.2 Å². The van der Waals surface area contributed by atoms with Crippen LogP contribution in [0.25, 0.3) is 11.2 Å². The molecule has 0 radical (unpaired) electrons. The predicted molar refractivity (Wildman–Crippen MR) is 65.1 cm³/mol. The average Bonchev–Trinajstić information content (AvgIpc) is 2.69. The van der Waals surface area contributed by atoms with Crippen molar-refractivity contribution in [1.82, 2.24) is 19.5 Å². The first-order chi connectivity index (χ1) is 8.49. The molecule has 2 aromatic rings. The van der Waals surface area contributed by atoms with Crippen molar-refractivity contribution in [2.45, 2.75) is 18.7 Å². The summed E-state index contributed by atoms with van der Waals surface area (Å²) in [5, 5.41) is 8.93. The van der Waals surface area contributed by atoms with Gasteiger partial charge in [-0.25, -0.2) is 4.98 Å². The van der Waals surface area contributed by atoms with Crippen LogP contribution in [0.2, 0.25) is 0 Å². The molecule has 0 aliphatic rings. The lowest BCUT2D eigenvalue weighted by molar-refractivity contribution is -0.0111. The normalized spacial score (nSPS) is 14.8. The van der Waals surface area contributed by atoms with Crippen molar-refractivity contribution in [3.63, 3.8) is 0 Å². The van der Waals surface area contributed by atoms with E-state index in [2.05, 4.69) is 15.0 Å². The van der Waals surface area contributed by atoms with E-state index < -0.39 is 17.4 Å². The van der Waals surface area contributed by atoms with Gasteiger partial charge in [0.25, 0.3) is 5.56 Å². The van der Waals surface area contributed by atoms with Gasteiger partial charge in [-0.1, -0.05) is 11.6 Å². The second-order valence-corrected chi connectivity index (χ2v) is 4.15. The highest BCUT2D eigenvalue weighted by atomic mass is 35.5. The first-order valence-corrected chi connectivity index (χ1v) is 5.58. The maximum Gasteiger partial charge on any atom is 0.280 e. The number of imidazole rings is 1. The van der Waals surface area contributed by atoms with Gasteiger partial charge in [0.15, 0.2) is 16.7 Å². The molecule has 0 aliphatic heterocycles. The third-order valence-corrected chi connectivity index (χ3v) is 2.44. The van der Waals surface area contributed by atoms with Gasteiger partial charge in [-0.3, -0.25) is 14.3 Å². The van der Waals surface area contributed by atoms with Crippen molar-refractivity contribution >= 4 is 28.7 Å². The van der Waals surface area contributed by atoms with Gasteiger partial charge in [0.1, 0.15) is 6.23 Å². The molecule has 2 heterocycles. The Balaban J connectivity index is 2.37. The maximum atomic E-state index is 11.5. The Bertz CT molecular complexity index is 608. The van der Waals surface area contributed by atoms with E-state index in [1.54, 1.807) is 6.92 Å². The fourth-order valence-corrected chi connectivity index (χ4v) is 1.58. The third-order valence-electron chi connectivity index (χ3n) is 2.32. The number of H-pyrrole nitrogens is 1. The summed E-state index contributed by atoms with van der Waals surface area (Å²) in [6, 6.07) is 0. The average molecular weight is 274 g/mol. The number of alkyl halides is 1. The predicted octanol–water partition coefficient (Wildman–Crippen LogP) is -0.206. The smallest absolute Gasteiger partial charge is 0.280 e. The molecule has 0 amide bonds. The molecular weight excluding hydrogens is 262 g/mol. The monoisotopic (exact) mass is 273 g/mol. The van der Waals surface area contributed by atoms with Gasteiger partial charge in [-0.15, -0.1) is 0 Å². The molecule has 4 N–H and O–H groups in total. The van der Waals surface area contributed by atoms with Crippen LogP contribution in [0.1, 0.15) is 13.2 Å². The highest BCUT2D eigenvalue weighted by molar-refractivity contribution is 6.19. The van der Waals surface area contributed by atoms with Crippen molar-refractivity contribution in [3.05, 3.63) is 16.7 Å². The largest absolute Gasteiger partial charge is 0.375 e. The minimum Gasteiger partial charge on any atom is -0.375 e. The zero-order valence-electron chi connectivity index (χ0n) is 9.50. The summed E-state index contributed by atoms with van der Waals surface area (Å²) < 4.78 is 6.81. The molecule has 2 atom stereocenters. The molecule has 0 saturated heterocycles. The molecular formula is C9H12ClN5O3. The molecule has 98 valence electrons. The number of fused-ring (bicyclic) bond motifs is 1. The van der Waals surface area contributed by atoms with Crippen LogP contribution in [0.15, 0.2) is 11.1 Å². The highest BCUT2D eigenvalue weighted by Gasteiger charge is 2.14. The first kappa shape index (κ1) is 12.8. The van der Waals surface area contributed by atoms with Crippen LogP contribution in [0, 0.1) is 0 Å². The number of hydrogen-bond donors (Lipinski definition) is 3. The standard InChI is InChI=1S/C9H12ClN5O3/c1-4(18-2-5(10)16)15-3-12-6-7(15)13-9(11)14-8(6)17/h3-5,16H,2H2,1H3,(H3,11,13,14,17). The van der Waals surface area contributed by atoms with Crippen molar-refractivity contribution in [3.8, 4) is 0 Å². The molecule has 0 aromatic carbocycles. The molecule has 2 aromatic heterocycles. The minimum atomic E-state index is -1.09. The number of nitrogens with one attached hydrogen (secondary N) is 1. The van der Waals surface area contributed by atoms with Crippen molar-refractivity contribution < 1.29 is 9.84 Å². The zero-order chi connectivity index (χ0) is 13.3. The summed E-state index contributed by atoms with van der Waals surface area (Å²) in [6.45, 7) is 1.65. The van der Waals surface area contributed by atoms with E-state index in [0.29, 0.717) is 5.65 Å². The second-order valence-electron chi connectivity index (χ2n) is 3.64. The number of aliphatic hydroxyl groups is 1. The number of halogens is 1. The van der Waals surface area contributed by atoms with Gasteiger partial charge >= 0.3 is 0 Å². The lowest BCUT2D eigenvalue weighted by Crippen LogP contribution is -2.17. The number of aromatic amines is 1. The maximum absolute atomic E-state index is 11.5. The van der Waals surface area contributed by atoms with E-state index in [-0.39, 0.29) is 18.1 Å². The number of hydrogen-bond acceptors (Lipinski definition) is 6. The first-order valence-electron chi connectivity index (χ1n) is 5.15. The van der Waals surface area contributed by atoms with E-state index in [9.17, 15) is 4.79 Å². The number of nitrogen functional groups attached to an aromatic ring is 1. The van der Waals surface area contributed by atoms with Gasteiger partial charge in [-0.2, -0.15) is 4.98 Å². The Kier molecular flexibility index (Phi) is 3.50. The SMILES string of the molecule is CC(OCC(O)Cl)n1cnc2c(=O)[nH]c(N)nc21. The van der Waals surface area contributed by atoms with Crippen molar-refractivity contribution in [1.29, 1.82) is 0 Å². The van der Waals surface area contributed by atoms with Gasteiger partial charge in [0.05, 0.1) is 12.9 Å². The molecule has 2 unspecified atom stereocenters. The van der Waals surface area contributed by atoms with Gasteiger partial charge in [-0.05, 0) is 6.92 Å². The Hall–Kier alpha value is -1.64. The Labute approximate surface area is 106 Å². The van der Waals surface area contributed by atoms with Crippen LogP contribution < -0.4 is 11.3 Å². The Morgan fingerprint density at radius 1 is 1.72 bits per heavy atom. The number of rotatable bonds is 4. The third kappa shape index (κ3) is 2.45. The molecule has 8 nitrogen and oxygen atoms in total. The molecule has 0 aliphatic carbocycles. The van der Waals surface area contributed by atoms with Crippen molar-refractivity contribution in [2.24, 2.45) is 0 Å². The molecule has 0 fully saturated rings. The topological polar surface area (TPSA) is 119 Å². The van der Waals surface area contributed by atoms with Crippen LogP contribution in [0.4, 0.5) is 5.95 Å². The summed E-state index contributed by atoms with van der Waals surface area (Å²) in [4.78, 5) is 21.8. The number of aromatic nitrogens is 4. The lowest BCUT2D eigenvalue weighted by atomic mass is 10.5. The second kappa shape index (κ2) is 4.92. The highest BCUT2D eigenvalue weighted by Crippen LogP contribution is 2.15. The molecule has 9 heteroatoms. The number of nitrogens with two attached hydrogens (primary N) is 1. The summed E-state index contributed by atoms with van der Waals surface area (Å²) in [5.74, 6) is -0.00109. The van der Waals surface area contributed by atoms with Crippen LogP contribution in [-0.4, -0.2) is 36.8 Å². The number of aliphatic hydroxyl groups excluding tert-OH is 1. The van der Waals surface area contributed by atoms with Crippen LogP contribution in [0.3, 0.4) is 0 Å². The molecule has 0 bridgehead atoms. The van der Waals surface area contributed by atoms with E-state index >= 15 is 0 Å². The summed E-state index contributed by atoms with van der Waals surface area (Å²) >= 11 is 5.37. The lowest BCUT2D eigenvalue weighted by Gasteiger charge is -2.15. The Morgan fingerprint density at radius 2 is 2.44 bits per heavy atom. The van der Waals surface area contributed by atoms with Gasteiger partial charge in [0.2, 0.25) is 5.95 Å². The van der Waals surface area contributed by atoms with Gasteiger partial charge in [0, 0.05) is 0 Å². The fraction of sp³-hybridized carbons (Fsp3) is 0.444. The van der Waals surface area contributed by atoms with Crippen LogP contribution in [0.5, 0.6) is 0 Å². The molecule has 2 rings (SSSR count). The summed E-state index contributed by atoms with van der Waals surface area (Å²) in [7, 11) is 0. The minimum absolute atomic E-state index is 0.00109. The van der Waals surface area contributed by atoms with Gasteiger partial charge < -0.3 is 15.6 Å². The van der Waals surface area contributed by atoms with Crippen LogP contribution >= 0.6 is 11.6 Å². The molecule has 0 spiro atoms. The summed E-state index contributed by atoms with van der Waals surface area (Å²) in [5.41, 5.74) is 4.44.